The average Bonchev–Trinajstić information content (AvgIpc) is 2.75. The lowest BCUT2D eigenvalue weighted by atomic mass is 10.0. The maximum atomic E-state index is 13.5. The fraction of sp³-hybridized carbons (Fsp3) is 0.562. The molecular weight excluding hydrogens is 309 g/mol. The van der Waals surface area contributed by atoms with Crippen molar-refractivity contribution in [3.63, 3.8) is 0 Å². The highest BCUT2D eigenvalue weighted by atomic mass is 19.3. The van der Waals surface area contributed by atoms with Gasteiger partial charge in [-0.3, -0.25) is 9.69 Å². The lowest BCUT2D eigenvalue weighted by Gasteiger charge is -2.45. The molecule has 2 saturated heterocycles. The topological polar surface area (TPSA) is 43.8 Å². The molecular formula is C16H19F3N2O2. The summed E-state index contributed by atoms with van der Waals surface area (Å²) in [7, 11) is 0. The molecule has 0 saturated carbocycles. The molecule has 1 atom stereocenters. The molecule has 1 aromatic carbocycles. The van der Waals surface area contributed by atoms with Gasteiger partial charge in [0.15, 0.2) is 0 Å². The van der Waals surface area contributed by atoms with Crippen LogP contribution in [0.3, 0.4) is 0 Å². The van der Waals surface area contributed by atoms with E-state index in [0.29, 0.717) is 13.1 Å². The van der Waals surface area contributed by atoms with Gasteiger partial charge in [-0.1, -0.05) is 12.1 Å². The number of aliphatic hydroxyl groups is 1. The molecule has 1 aromatic rings. The van der Waals surface area contributed by atoms with Crippen LogP contribution in [0.5, 0.6) is 0 Å². The van der Waals surface area contributed by atoms with Crippen LogP contribution in [0.25, 0.3) is 0 Å². The summed E-state index contributed by atoms with van der Waals surface area (Å²) in [6.45, 7) is 0.137. The number of alkyl halides is 2. The van der Waals surface area contributed by atoms with Crippen LogP contribution in [0.1, 0.15) is 12.0 Å². The summed E-state index contributed by atoms with van der Waals surface area (Å²) >= 11 is 0. The molecule has 0 spiro atoms. The van der Waals surface area contributed by atoms with Crippen molar-refractivity contribution < 1.29 is 23.1 Å². The first kappa shape index (κ1) is 16.3. The number of amides is 1. The van der Waals surface area contributed by atoms with Crippen molar-refractivity contribution in [3.8, 4) is 0 Å². The molecule has 0 aliphatic carbocycles. The largest absolute Gasteiger partial charge is 0.395 e. The van der Waals surface area contributed by atoms with Crippen molar-refractivity contribution in [2.75, 3.05) is 26.2 Å². The van der Waals surface area contributed by atoms with E-state index in [4.69, 9.17) is 0 Å². The first-order chi connectivity index (χ1) is 10.9. The van der Waals surface area contributed by atoms with E-state index in [-0.39, 0.29) is 43.8 Å². The Hall–Kier alpha value is -1.60. The lowest BCUT2D eigenvalue weighted by molar-refractivity contribution is -0.138. The van der Waals surface area contributed by atoms with Crippen LogP contribution in [0.4, 0.5) is 13.2 Å². The summed E-state index contributed by atoms with van der Waals surface area (Å²) in [5, 5.41) is 9.24. The van der Waals surface area contributed by atoms with Gasteiger partial charge in [-0.25, -0.2) is 13.2 Å². The van der Waals surface area contributed by atoms with Crippen molar-refractivity contribution in [2.45, 2.75) is 30.8 Å². The zero-order valence-corrected chi connectivity index (χ0v) is 12.6. The minimum atomic E-state index is -2.77. The second kappa shape index (κ2) is 6.13. The summed E-state index contributed by atoms with van der Waals surface area (Å²) in [4.78, 5) is 15.4. The van der Waals surface area contributed by atoms with Gasteiger partial charge in [0.05, 0.1) is 19.6 Å². The van der Waals surface area contributed by atoms with E-state index in [1.807, 2.05) is 0 Å². The minimum Gasteiger partial charge on any atom is -0.395 e. The standard InChI is InChI=1S/C16H19F3N2O2/c17-12-3-1-11(2-4-12)5-15(23)20-7-14(8-20)21-10-16(18,19)6-13(21)9-22/h1-4,13-14,22H,5-10H2/t13-/m0/s1. The zero-order chi connectivity index (χ0) is 16.6. The van der Waals surface area contributed by atoms with Gasteiger partial charge in [0.1, 0.15) is 5.82 Å². The van der Waals surface area contributed by atoms with Gasteiger partial charge in [0.25, 0.3) is 5.92 Å². The van der Waals surface area contributed by atoms with E-state index in [1.54, 1.807) is 21.9 Å². The van der Waals surface area contributed by atoms with Gasteiger partial charge in [-0.2, -0.15) is 0 Å². The van der Waals surface area contributed by atoms with Crippen molar-refractivity contribution in [1.29, 1.82) is 0 Å². The Morgan fingerprint density at radius 3 is 2.52 bits per heavy atom. The molecule has 0 unspecified atom stereocenters. The highest BCUT2D eigenvalue weighted by Gasteiger charge is 2.49. The number of nitrogens with zero attached hydrogens (tertiary/aromatic N) is 2. The third kappa shape index (κ3) is 3.50. The van der Waals surface area contributed by atoms with Crippen LogP contribution in [0, 0.1) is 5.82 Å². The highest BCUT2D eigenvalue weighted by Crippen LogP contribution is 2.35. The molecule has 4 nitrogen and oxygen atoms in total. The van der Waals surface area contributed by atoms with Gasteiger partial charge in [0.2, 0.25) is 5.91 Å². The van der Waals surface area contributed by atoms with E-state index < -0.39 is 12.0 Å². The van der Waals surface area contributed by atoms with Crippen LogP contribution in [-0.2, 0) is 11.2 Å². The molecule has 23 heavy (non-hydrogen) atoms. The third-order valence-electron chi connectivity index (χ3n) is 4.58. The Morgan fingerprint density at radius 1 is 1.26 bits per heavy atom. The summed E-state index contributed by atoms with van der Waals surface area (Å²) < 4.78 is 39.8. The predicted octanol–water partition coefficient (Wildman–Crippen LogP) is 1.28. The van der Waals surface area contributed by atoms with E-state index in [2.05, 4.69) is 0 Å². The summed E-state index contributed by atoms with van der Waals surface area (Å²) in [5.74, 6) is -3.22. The van der Waals surface area contributed by atoms with Gasteiger partial charge in [-0.05, 0) is 17.7 Å². The maximum Gasteiger partial charge on any atom is 0.262 e. The quantitative estimate of drug-likeness (QED) is 0.906. The second-order valence-corrected chi connectivity index (χ2v) is 6.32. The number of aliphatic hydroxyl groups excluding tert-OH is 1. The number of carbonyl (C=O) groups is 1. The first-order valence-electron chi connectivity index (χ1n) is 7.64. The van der Waals surface area contributed by atoms with Crippen LogP contribution in [0.2, 0.25) is 0 Å². The number of hydrogen-bond donors (Lipinski definition) is 1. The number of carbonyl (C=O) groups excluding carboxylic acids is 1. The molecule has 1 amide bonds. The van der Waals surface area contributed by atoms with Crippen LogP contribution in [0.15, 0.2) is 24.3 Å². The van der Waals surface area contributed by atoms with E-state index in [1.165, 1.54) is 12.1 Å². The first-order valence-corrected chi connectivity index (χ1v) is 7.64. The monoisotopic (exact) mass is 328 g/mol. The highest BCUT2D eigenvalue weighted by molar-refractivity contribution is 5.79. The van der Waals surface area contributed by atoms with Gasteiger partial charge in [-0.15, -0.1) is 0 Å². The Morgan fingerprint density at radius 2 is 1.91 bits per heavy atom. The Labute approximate surface area is 132 Å². The normalized spacial score (nSPS) is 24.7. The van der Waals surface area contributed by atoms with Gasteiger partial charge < -0.3 is 10.0 Å². The van der Waals surface area contributed by atoms with E-state index in [0.717, 1.165) is 5.56 Å². The predicted molar refractivity (Wildman–Crippen MR) is 77.6 cm³/mol. The molecule has 0 radical (unpaired) electrons. The molecule has 126 valence electrons. The molecule has 2 fully saturated rings. The number of likely N-dealkylation sites (tertiary alicyclic amines) is 2. The summed E-state index contributed by atoms with van der Waals surface area (Å²) in [6, 6.07) is 5.07. The molecule has 2 aliphatic rings. The molecule has 0 aromatic heterocycles. The summed E-state index contributed by atoms with van der Waals surface area (Å²) in [6.07, 6.45) is -0.157. The number of hydrogen-bond acceptors (Lipinski definition) is 3. The molecule has 0 bridgehead atoms. The summed E-state index contributed by atoms with van der Waals surface area (Å²) in [5.41, 5.74) is 0.723. The fourth-order valence-electron chi connectivity index (χ4n) is 3.28. The molecule has 1 N–H and O–H groups in total. The van der Waals surface area contributed by atoms with Crippen molar-refractivity contribution in [2.24, 2.45) is 0 Å². The van der Waals surface area contributed by atoms with E-state index in [9.17, 15) is 23.1 Å². The molecule has 2 heterocycles. The Kier molecular flexibility index (Phi) is 4.33. The molecule has 2 aliphatic heterocycles. The van der Waals surface area contributed by atoms with Gasteiger partial charge >= 0.3 is 0 Å². The number of rotatable bonds is 4. The SMILES string of the molecule is O=C(Cc1ccc(F)cc1)N1CC(N2CC(F)(F)C[C@H]2CO)C1. The Balaban J connectivity index is 1.52. The Bertz CT molecular complexity index is 573. The zero-order valence-electron chi connectivity index (χ0n) is 12.6. The molecule has 7 heteroatoms. The average molecular weight is 328 g/mol. The fourth-order valence-corrected chi connectivity index (χ4v) is 3.28. The van der Waals surface area contributed by atoms with Crippen molar-refractivity contribution >= 4 is 5.91 Å². The smallest absolute Gasteiger partial charge is 0.262 e. The second-order valence-electron chi connectivity index (χ2n) is 6.32. The van der Waals surface area contributed by atoms with Gasteiger partial charge in [0, 0.05) is 31.6 Å². The minimum absolute atomic E-state index is 0.0978. The maximum absolute atomic E-state index is 13.5. The molecule has 3 rings (SSSR count). The van der Waals surface area contributed by atoms with Crippen molar-refractivity contribution in [1.82, 2.24) is 9.80 Å². The van der Waals surface area contributed by atoms with Crippen molar-refractivity contribution in [3.05, 3.63) is 35.6 Å². The number of halogens is 3. The van der Waals surface area contributed by atoms with Crippen LogP contribution < -0.4 is 0 Å². The number of benzene rings is 1. The lowest BCUT2D eigenvalue weighted by Crippen LogP contribution is -2.62. The van der Waals surface area contributed by atoms with Crippen LogP contribution >= 0.6 is 0 Å². The third-order valence-corrected chi connectivity index (χ3v) is 4.58. The van der Waals surface area contributed by atoms with E-state index >= 15 is 0 Å². The van der Waals surface area contributed by atoms with Crippen LogP contribution in [-0.4, -0.2) is 65.1 Å².